The minimum atomic E-state index is -3.13. The molecule has 1 aliphatic heterocycles. The molecule has 0 aromatic heterocycles. The third kappa shape index (κ3) is 3.61. The summed E-state index contributed by atoms with van der Waals surface area (Å²) in [6.07, 6.45) is 1.83. The van der Waals surface area contributed by atoms with Crippen LogP contribution in [0.5, 0.6) is 0 Å². The van der Waals surface area contributed by atoms with Crippen LogP contribution in [0.2, 0.25) is 0 Å². The second-order valence-electron chi connectivity index (χ2n) is 5.38. The summed E-state index contributed by atoms with van der Waals surface area (Å²) in [6, 6.07) is 0.0130. The zero-order chi connectivity index (χ0) is 11.7. The molecular formula is C10H20ClNO2S. The molecule has 5 heteroatoms. The number of alkyl halides is 1. The molecule has 1 atom stereocenters. The summed E-state index contributed by atoms with van der Waals surface area (Å²) >= 11 is 5.77. The minimum absolute atomic E-state index is 0.0130. The number of hydrogen-bond acceptors (Lipinski definition) is 2. The van der Waals surface area contributed by atoms with E-state index in [0.29, 0.717) is 12.4 Å². The van der Waals surface area contributed by atoms with E-state index in [-0.39, 0.29) is 17.2 Å². The van der Waals surface area contributed by atoms with Crippen molar-refractivity contribution < 1.29 is 8.42 Å². The van der Waals surface area contributed by atoms with Crippen LogP contribution >= 0.6 is 11.6 Å². The highest BCUT2D eigenvalue weighted by Crippen LogP contribution is 2.26. The molecule has 0 bridgehead atoms. The van der Waals surface area contributed by atoms with Gasteiger partial charge in [0.05, 0.1) is 5.75 Å². The zero-order valence-corrected chi connectivity index (χ0v) is 11.2. The van der Waals surface area contributed by atoms with E-state index < -0.39 is 10.0 Å². The molecule has 0 aromatic rings. The van der Waals surface area contributed by atoms with Crippen LogP contribution in [0.1, 0.15) is 33.6 Å². The highest BCUT2D eigenvalue weighted by Gasteiger charge is 2.35. The lowest BCUT2D eigenvalue weighted by Crippen LogP contribution is -2.40. The van der Waals surface area contributed by atoms with E-state index in [0.717, 1.165) is 12.8 Å². The van der Waals surface area contributed by atoms with Crippen LogP contribution in [-0.4, -0.2) is 36.9 Å². The van der Waals surface area contributed by atoms with Gasteiger partial charge in [0.15, 0.2) is 0 Å². The first-order chi connectivity index (χ1) is 6.76. The fourth-order valence-corrected chi connectivity index (χ4v) is 4.66. The highest BCUT2D eigenvalue weighted by atomic mass is 35.5. The van der Waals surface area contributed by atoms with Gasteiger partial charge >= 0.3 is 0 Å². The Hall–Kier alpha value is 0.200. The van der Waals surface area contributed by atoms with Crippen LogP contribution in [0.4, 0.5) is 0 Å². The van der Waals surface area contributed by atoms with Gasteiger partial charge in [0.1, 0.15) is 0 Å². The molecule has 1 fully saturated rings. The van der Waals surface area contributed by atoms with Gasteiger partial charge in [-0.25, -0.2) is 8.42 Å². The van der Waals surface area contributed by atoms with Gasteiger partial charge in [0.25, 0.3) is 0 Å². The SMILES string of the molecule is CC(C)(C)CS(=O)(=O)N1CCCC1CCl. The van der Waals surface area contributed by atoms with E-state index in [1.165, 1.54) is 0 Å². The van der Waals surface area contributed by atoms with Crippen molar-refractivity contribution in [2.75, 3.05) is 18.2 Å². The van der Waals surface area contributed by atoms with E-state index in [9.17, 15) is 8.42 Å². The molecule has 0 spiro atoms. The van der Waals surface area contributed by atoms with Crippen LogP contribution in [0.25, 0.3) is 0 Å². The van der Waals surface area contributed by atoms with Crippen molar-refractivity contribution in [3.63, 3.8) is 0 Å². The summed E-state index contributed by atoms with van der Waals surface area (Å²) in [7, 11) is -3.13. The minimum Gasteiger partial charge on any atom is -0.212 e. The summed E-state index contributed by atoms with van der Waals surface area (Å²) in [5, 5.41) is 0. The van der Waals surface area contributed by atoms with Crippen molar-refractivity contribution in [2.24, 2.45) is 5.41 Å². The molecule has 1 aliphatic rings. The van der Waals surface area contributed by atoms with E-state index >= 15 is 0 Å². The smallest absolute Gasteiger partial charge is 0.212 e. The summed E-state index contributed by atoms with van der Waals surface area (Å²) in [5.74, 6) is 0.608. The Morgan fingerprint density at radius 3 is 2.47 bits per heavy atom. The first-order valence-electron chi connectivity index (χ1n) is 5.32. The summed E-state index contributed by atoms with van der Waals surface area (Å²) in [4.78, 5) is 0. The van der Waals surface area contributed by atoms with Gasteiger partial charge in [-0.1, -0.05) is 20.8 Å². The summed E-state index contributed by atoms with van der Waals surface area (Å²) in [6.45, 7) is 6.46. The second-order valence-corrected chi connectivity index (χ2v) is 7.61. The van der Waals surface area contributed by atoms with Gasteiger partial charge < -0.3 is 0 Å². The van der Waals surface area contributed by atoms with Gasteiger partial charge in [-0.15, -0.1) is 11.6 Å². The molecule has 0 N–H and O–H groups in total. The average Bonchev–Trinajstić information content (AvgIpc) is 2.46. The Labute approximate surface area is 97.8 Å². The normalized spacial score (nSPS) is 24.7. The molecule has 1 saturated heterocycles. The van der Waals surface area contributed by atoms with Crippen LogP contribution in [0, 0.1) is 5.41 Å². The van der Waals surface area contributed by atoms with Crippen LogP contribution in [0.3, 0.4) is 0 Å². The first-order valence-corrected chi connectivity index (χ1v) is 7.46. The molecule has 1 unspecified atom stereocenters. The van der Waals surface area contributed by atoms with E-state index in [1.54, 1.807) is 4.31 Å². The van der Waals surface area contributed by atoms with Gasteiger partial charge in [0, 0.05) is 18.5 Å². The molecule has 3 nitrogen and oxygen atoms in total. The topological polar surface area (TPSA) is 37.4 Å². The zero-order valence-electron chi connectivity index (χ0n) is 9.66. The van der Waals surface area contributed by atoms with Crippen LogP contribution in [0.15, 0.2) is 0 Å². The molecule has 90 valence electrons. The standard InChI is InChI=1S/C10H20ClNO2S/c1-10(2,3)8-15(13,14)12-6-4-5-9(12)7-11/h9H,4-8H2,1-3H3. The molecular weight excluding hydrogens is 234 g/mol. The monoisotopic (exact) mass is 253 g/mol. The third-order valence-electron chi connectivity index (χ3n) is 2.47. The lowest BCUT2D eigenvalue weighted by atomic mass is 10.0. The number of sulfonamides is 1. The van der Waals surface area contributed by atoms with E-state index in [2.05, 4.69) is 0 Å². The number of halogens is 1. The van der Waals surface area contributed by atoms with Crippen molar-refractivity contribution in [1.29, 1.82) is 0 Å². The Morgan fingerprint density at radius 2 is 2.00 bits per heavy atom. The molecule has 0 amide bonds. The average molecular weight is 254 g/mol. The Bertz CT molecular complexity index is 308. The molecule has 0 radical (unpaired) electrons. The number of rotatable bonds is 3. The Morgan fingerprint density at radius 1 is 1.40 bits per heavy atom. The molecule has 0 aromatic carbocycles. The third-order valence-corrected chi connectivity index (χ3v) is 5.26. The van der Waals surface area contributed by atoms with Gasteiger partial charge in [-0.05, 0) is 18.3 Å². The second kappa shape index (κ2) is 4.60. The Balaban J connectivity index is 2.77. The van der Waals surface area contributed by atoms with Gasteiger partial charge in [-0.3, -0.25) is 0 Å². The maximum absolute atomic E-state index is 12.1. The lowest BCUT2D eigenvalue weighted by Gasteiger charge is -2.26. The predicted octanol–water partition coefficient (Wildman–Crippen LogP) is 2.07. The van der Waals surface area contributed by atoms with Crippen molar-refractivity contribution in [3.8, 4) is 0 Å². The molecule has 1 rings (SSSR count). The van der Waals surface area contributed by atoms with Crippen LogP contribution in [-0.2, 0) is 10.0 Å². The Kier molecular flexibility index (Phi) is 4.07. The number of nitrogens with zero attached hydrogens (tertiary/aromatic N) is 1. The maximum Gasteiger partial charge on any atom is 0.214 e. The molecule has 15 heavy (non-hydrogen) atoms. The van der Waals surface area contributed by atoms with Crippen molar-refractivity contribution in [3.05, 3.63) is 0 Å². The fraction of sp³-hybridized carbons (Fsp3) is 1.00. The van der Waals surface area contributed by atoms with Gasteiger partial charge in [-0.2, -0.15) is 4.31 Å². The predicted molar refractivity (Wildman–Crippen MR) is 63.7 cm³/mol. The van der Waals surface area contributed by atoms with Crippen molar-refractivity contribution in [2.45, 2.75) is 39.7 Å². The van der Waals surface area contributed by atoms with Gasteiger partial charge in [0.2, 0.25) is 10.0 Å². The molecule has 0 aliphatic carbocycles. The first kappa shape index (κ1) is 13.3. The summed E-state index contributed by atoms with van der Waals surface area (Å²) in [5.41, 5.74) is -0.196. The fourth-order valence-electron chi connectivity index (χ4n) is 1.96. The lowest BCUT2D eigenvalue weighted by molar-refractivity contribution is 0.387. The summed E-state index contributed by atoms with van der Waals surface area (Å²) < 4.78 is 25.8. The number of hydrogen-bond donors (Lipinski definition) is 0. The van der Waals surface area contributed by atoms with E-state index in [4.69, 9.17) is 11.6 Å². The van der Waals surface area contributed by atoms with Crippen molar-refractivity contribution in [1.82, 2.24) is 4.31 Å². The highest BCUT2D eigenvalue weighted by molar-refractivity contribution is 7.89. The van der Waals surface area contributed by atoms with Crippen molar-refractivity contribution >= 4 is 21.6 Å². The van der Waals surface area contributed by atoms with Crippen LogP contribution < -0.4 is 0 Å². The largest absolute Gasteiger partial charge is 0.214 e. The molecule has 1 heterocycles. The quantitative estimate of drug-likeness (QED) is 0.722. The molecule has 0 saturated carbocycles. The maximum atomic E-state index is 12.1. The van der Waals surface area contributed by atoms with E-state index in [1.807, 2.05) is 20.8 Å².